The molecule has 10 heteroatoms. The number of tetrazole rings is 1. The first-order chi connectivity index (χ1) is 16.6. The normalized spacial score (nSPS) is 17.1. The average molecular weight is 470 g/mol. The fourth-order valence-electron chi connectivity index (χ4n) is 4.47. The molecule has 1 aliphatic heterocycles. The Balaban J connectivity index is 1.35. The lowest BCUT2D eigenvalue weighted by molar-refractivity contribution is -0.137. The Morgan fingerprint density at radius 3 is 2.62 bits per heavy atom. The van der Waals surface area contributed by atoms with Gasteiger partial charge in [0.15, 0.2) is 0 Å². The second-order valence-corrected chi connectivity index (χ2v) is 9.18. The Labute approximate surface area is 200 Å². The molecule has 34 heavy (non-hydrogen) atoms. The van der Waals surface area contributed by atoms with E-state index in [0.29, 0.717) is 12.4 Å². The Morgan fingerprint density at radius 1 is 1.15 bits per heavy atom. The lowest BCUT2D eigenvalue weighted by atomic mass is 10.1. The highest BCUT2D eigenvalue weighted by Gasteiger charge is 2.22. The van der Waals surface area contributed by atoms with Crippen molar-refractivity contribution in [2.24, 2.45) is 0 Å². The summed E-state index contributed by atoms with van der Waals surface area (Å²) in [5, 5.41) is 15.6. The van der Waals surface area contributed by atoms with Crippen LogP contribution in [0.4, 0.5) is 0 Å². The summed E-state index contributed by atoms with van der Waals surface area (Å²) < 4.78 is 5.41. The second-order valence-electron chi connectivity index (χ2n) is 9.18. The number of amides is 2. The smallest absolute Gasteiger partial charge is 0.246 e. The molecule has 0 unspecified atom stereocenters. The molecular weight excluding hydrogens is 434 g/mol. The van der Waals surface area contributed by atoms with Gasteiger partial charge in [-0.1, -0.05) is 42.7 Å². The van der Waals surface area contributed by atoms with Crippen molar-refractivity contribution in [3.8, 4) is 11.4 Å². The predicted octanol–water partition coefficient (Wildman–Crippen LogP) is 1.26. The zero-order chi connectivity index (χ0) is 23.8. The number of rotatable bonds is 10. The first-order valence-corrected chi connectivity index (χ1v) is 12.3. The van der Waals surface area contributed by atoms with Crippen LogP contribution in [-0.2, 0) is 20.9 Å². The van der Waals surface area contributed by atoms with Crippen LogP contribution in [0.3, 0.4) is 0 Å². The first-order valence-electron chi connectivity index (χ1n) is 12.3. The van der Waals surface area contributed by atoms with E-state index in [4.69, 9.17) is 4.74 Å². The van der Waals surface area contributed by atoms with Gasteiger partial charge in [-0.25, -0.2) is 0 Å². The maximum atomic E-state index is 13.1. The number of aromatic nitrogens is 4. The van der Waals surface area contributed by atoms with E-state index in [0.717, 1.165) is 76.1 Å². The van der Waals surface area contributed by atoms with Crippen molar-refractivity contribution < 1.29 is 14.3 Å². The van der Waals surface area contributed by atoms with Crippen molar-refractivity contribution in [1.29, 1.82) is 0 Å². The van der Waals surface area contributed by atoms with Gasteiger partial charge in [0.2, 0.25) is 17.6 Å². The molecule has 1 aromatic heterocycles. The van der Waals surface area contributed by atoms with Crippen molar-refractivity contribution in [1.82, 2.24) is 35.3 Å². The molecule has 10 nitrogen and oxygen atoms in total. The molecule has 1 saturated carbocycles. The molecule has 0 atom stereocenters. The van der Waals surface area contributed by atoms with E-state index in [1.807, 2.05) is 31.2 Å². The molecule has 0 radical (unpaired) electrons. The number of nitrogens with one attached hydrogen (secondary N) is 1. The van der Waals surface area contributed by atoms with Crippen molar-refractivity contribution in [3.05, 3.63) is 29.8 Å². The average Bonchev–Trinajstić information content (AvgIpc) is 3.52. The summed E-state index contributed by atoms with van der Waals surface area (Å²) >= 11 is 0. The van der Waals surface area contributed by atoms with E-state index >= 15 is 0 Å². The van der Waals surface area contributed by atoms with Crippen LogP contribution in [0.2, 0.25) is 0 Å². The number of hydrogen-bond donors (Lipinski definition) is 1. The minimum Gasteiger partial charge on any atom is -0.379 e. The van der Waals surface area contributed by atoms with Crippen molar-refractivity contribution in [2.45, 2.75) is 51.6 Å². The standard InChI is InChI=1S/C24H35N7O3/c1-19-7-9-20(10-8-19)24-26-28-31(27-24)18-23(33)30(12-4-11-29-13-15-34-16-14-29)17-22(32)25-21-5-2-3-6-21/h7-10,21H,2-6,11-18H2,1H3,(H,25,32). The zero-order valence-corrected chi connectivity index (χ0v) is 20.0. The fraction of sp³-hybridized carbons (Fsp3) is 0.625. The molecule has 2 amide bonds. The highest BCUT2D eigenvalue weighted by molar-refractivity contribution is 5.84. The van der Waals surface area contributed by atoms with Crippen LogP contribution >= 0.6 is 0 Å². The van der Waals surface area contributed by atoms with Crippen LogP contribution in [-0.4, -0.2) is 93.8 Å². The minimum absolute atomic E-state index is 0.0485. The SMILES string of the molecule is Cc1ccc(-c2nnn(CC(=O)N(CCCN3CCOCC3)CC(=O)NC3CCCC3)n2)cc1. The third-order valence-electron chi connectivity index (χ3n) is 6.45. The molecule has 1 aliphatic carbocycles. The van der Waals surface area contributed by atoms with Gasteiger partial charge in [0, 0.05) is 37.8 Å². The van der Waals surface area contributed by atoms with E-state index in [1.165, 1.54) is 4.80 Å². The van der Waals surface area contributed by atoms with Crippen LogP contribution < -0.4 is 5.32 Å². The summed E-state index contributed by atoms with van der Waals surface area (Å²) in [5.41, 5.74) is 2.00. The van der Waals surface area contributed by atoms with Crippen LogP contribution in [0.1, 0.15) is 37.7 Å². The number of aryl methyl sites for hydroxylation is 1. The second kappa shape index (κ2) is 12.0. The number of benzene rings is 1. The number of carbonyl (C=O) groups is 2. The Morgan fingerprint density at radius 2 is 1.88 bits per heavy atom. The molecule has 2 aliphatic rings. The fourth-order valence-corrected chi connectivity index (χ4v) is 4.47. The third-order valence-corrected chi connectivity index (χ3v) is 6.45. The quantitative estimate of drug-likeness (QED) is 0.558. The molecule has 1 aromatic carbocycles. The lowest BCUT2D eigenvalue weighted by Crippen LogP contribution is -2.46. The predicted molar refractivity (Wildman–Crippen MR) is 127 cm³/mol. The van der Waals surface area contributed by atoms with Crippen LogP contribution in [0.15, 0.2) is 24.3 Å². The molecule has 0 spiro atoms. The minimum atomic E-state index is -0.184. The van der Waals surface area contributed by atoms with E-state index in [9.17, 15) is 9.59 Å². The highest BCUT2D eigenvalue weighted by atomic mass is 16.5. The molecule has 1 N–H and O–H groups in total. The number of carbonyl (C=O) groups excluding carboxylic acids is 2. The maximum absolute atomic E-state index is 13.1. The number of hydrogen-bond acceptors (Lipinski definition) is 7. The van der Waals surface area contributed by atoms with Gasteiger partial charge in [-0.05, 0) is 31.4 Å². The Hall–Kier alpha value is -2.85. The van der Waals surface area contributed by atoms with E-state index in [2.05, 4.69) is 25.6 Å². The molecule has 184 valence electrons. The molecule has 0 bridgehead atoms. The van der Waals surface area contributed by atoms with Gasteiger partial charge >= 0.3 is 0 Å². The topological polar surface area (TPSA) is 105 Å². The molecule has 1 saturated heterocycles. The number of nitrogens with zero attached hydrogens (tertiary/aromatic N) is 6. The maximum Gasteiger partial charge on any atom is 0.246 e. The van der Waals surface area contributed by atoms with Crippen LogP contribution in [0.25, 0.3) is 11.4 Å². The first kappa shape index (κ1) is 24.3. The molecule has 2 heterocycles. The van der Waals surface area contributed by atoms with Gasteiger partial charge in [-0.15, -0.1) is 10.2 Å². The molecule has 4 rings (SSSR count). The zero-order valence-electron chi connectivity index (χ0n) is 20.0. The van der Waals surface area contributed by atoms with E-state index < -0.39 is 0 Å². The van der Waals surface area contributed by atoms with Crippen LogP contribution in [0.5, 0.6) is 0 Å². The number of ether oxygens (including phenoxy) is 1. The Kier molecular flexibility index (Phi) is 8.59. The van der Waals surface area contributed by atoms with Gasteiger partial charge in [0.25, 0.3) is 0 Å². The monoisotopic (exact) mass is 469 g/mol. The number of morpholine rings is 1. The van der Waals surface area contributed by atoms with Crippen molar-refractivity contribution >= 4 is 11.8 Å². The van der Waals surface area contributed by atoms with Gasteiger partial charge in [-0.2, -0.15) is 4.80 Å². The largest absolute Gasteiger partial charge is 0.379 e. The van der Waals surface area contributed by atoms with E-state index in [1.54, 1.807) is 4.90 Å². The summed E-state index contributed by atoms with van der Waals surface area (Å²) in [7, 11) is 0. The van der Waals surface area contributed by atoms with Gasteiger partial charge in [-0.3, -0.25) is 14.5 Å². The summed E-state index contributed by atoms with van der Waals surface area (Å²) in [4.78, 5) is 31.1. The molecule has 2 aromatic rings. The van der Waals surface area contributed by atoms with Crippen LogP contribution in [0, 0.1) is 6.92 Å². The van der Waals surface area contributed by atoms with Gasteiger partial charge < -0.3 is 15.0 Å². The lowest BCUT2D eigenvalue weighted by Gasteiger charge is -2.28. The summed E-state index contributed by atoms with van der Waals surface area (Å²) in [5.74, 6) is 0.195. The summed E-state index contributed by atoms with van der Waals surface area (Å²) in [6, 6.07) is 8.07. The highest BCUT2D eigenvalue weighted by Crippen LogP contribution is 2.17. The van der Waals surface area contributed by atoms with E-state index in [-0.39, 0.29) is 30.9 Å². The third kappa shape index (κ3) is 7.07. The summed E-state index contributed by atoms with van der Waals surface area (Å²) in [6.07, 6.45) is 5.12. The van der Waals surface area contributed by atoms with Gasteiger partial charge in [0.1, 0.15) is 6.54 Å². The molecular formula is C24H35N7O3. The molecule has 2 fully saturated rings. The summed E-state index contributed by atoms with van der Waals surface area (Å²) in [6.45, 7) is 6.70. The van der Waals surface area contributed by atoms with Gasteiger partial charge in [0.05, 0.1) is 19.8 Å². The Bertz CT molecular complexity index is 934. The van der Waals surface area contributed by atoms with Crippen molar-refractivity contribution in [2.75, 3.05) is 45.9 Å². The van der Waals surface area contributed by atoms with Crippen molar-refractivity contribution in [3.63, 3.8) is 0 Å².